The van der Waals surface area contributed by atoms with Gasteiger partial charge in [0.05, 0.1) is 5.56 Å². The number of carbonyl (C=O) groups is 2. The lowest BCUT2D eigenvalue weighted by Gasteiger charge is -2.08. The summed E-state index contributed by atoms with van der Waals surface area (Å²) < 4.78 is 5.42. The maximum atomic E-state index is 11.9. The first-order valence-electron chi connectivity index (χ1n) is 6.39. The van der Waals surface area contributed by atoms with Crippen LogP contribution < -0.4 is 15.4 Å². The first-order valence-corrected chi connectivity index (χ1v) is 7.27. The molecule has 2 amide bonds. The summed E-state index contributed by atoms with van der Waals surface area (Å²) in [4.78, 5) is 23.5. The fraction of sp³-hybridized carbons (Fsp3) is 0.200. The van der Waals surface area contributed by atoms with E-state index in [1.165, 1.54) is 11.3 Å². The van der Waals surface area contributed by atoms with Gasteiger partial charge in [-0.2, -0.15) is 0 Å². The quantitative estimate of drug-likeness (QED) is 0.891. The molecule has 5 nitrogen and oxygen atoms in total. The number of carbonyl (C=O) groups excluding carboxylic acids is 2. The molecule has 1 heterocycles. The largest absolute Gasteiger partial charge is 0.484 e. The summed E-state index contributed by atoms with van der Waals surface area (Å²) in [5, 5.41) is 7.49. The van der Waals surface area contributed by atoms with E-state index < -0.39 is 0 Å². The monoisotopic (exact) mass is 304 g/mol. The van der Waals surface area contributed by atoms with Crippen LogP contribution in [0.1, 0.15) is 15.9 Å². The average molecular weight is 304 g/mol. The molecule has 2 aromatic rings. The zero-order chi connectivity index (χ0) is 15.2. The second-order valence-corrected chi connectivity index (χ2v) is 5.31. The lowest BCUT2D eigenvalue weighted by molar-refractivity contribution is -0.118. The van der Waals surface area contributed by atoms with Crippen LogP contribution in [0.2, 0.25) is 0 Å². The SMILES string of the molecule is CNC(=O)c1ccsc1NC(=O)COc1cccc(C)c1. The van der Waals surface area contributed by atoms with Gasteiger partial charge in [-0.05, 0) is 36.1 Å². The Morgan fingerprint density at radius 3 is 2.81 bits per heavy atom. The third kappa shape index (κ3) is 4.06. The number of nitrogens with one attached hydrogen (secondary N) is 2. The summed E-state index contributed by atoms with van der Waals surface area (Å²) in [6, 6.07) is 9.13. The molecular formula is C15H16N2O3S. The van der Waals surface area contributed by atoms with E-state index in [9.17, 15) is 9.59 Å². The number of thiophene rings is 1. The van der Waals surface area contributed by atoms with Gasteiger partial charge >= 0.3 is 0 Å². The Morgan fingerprint density at radius 1 is 1.29 bits per heavy atom. The average Bonchev–Trinajstić information content (AvgIpc) is 2.92. The number of hydrogen-bond donors (Lipinski definition) is 2. The lowest BCUT2D eigenvalue weighted by atomic mass is 10.2. The van der Waals surface area contributed by atoms with Crippen molar-refractivity contribution in [2.24, 2.45) is 0 Å². The van der Waals surface area contributed by atoms with Crippen LogP contribution in [-0.4, -0.2) is 25.5 Å². The molecule has 0 radical (unpaired) electrons. The highest BCUT2D eigenvalue weighted by atomic mass is 32.1. The van der Waals surface area contributed by atoms with Crippen LogP contribution >= 0.6 is 11.3 Å². The van der Waals surface area contributed by atoms with Crippen molar-refractivity contribution in [2.45, 2.75) is 6.92 Å². The highest BCUT2D eigenvalue weighted by Gasteiger charge is 2.14. The highest BCUT2D eigenvalue weighted by Crippen LogP contribution is 2.23. The van der Waals surface area contributed by atoms with E-state index in [0.29, 0.717) is 16.3 Å². The van der Waals surface area contributed by atoms with E-state index in [1.54, 1.807) is 24.6 Å². The van der Waals surface area contributed by atoms with Crippen molar-refractivity contribution >= 4 is 28.2 Å². The summed E-state index contributed by atoms with van der Waals surface area (Å²) in [5.74, 6) is 0.109. The van der Waals surface area contributed by atoms with Crippen molar-refractivity contribution < 1.29 is 14.3 Å². The molecule has 2 N–H and O–H groups in total. The maximum absolute atomic E-state index is 11.9. The molecule has 0 spiro atoms. The third-order valence-corrected chi connectivity index (χ3v) is 3.58. The molecule has 0 atom stereocenters. The van der Waals surface area contributed by atoms with Crippen LogP contribution in [0.5, 0.6) is 5.75 Å². The van der Waals surface area contributed by atoms with Gasteiger partial charge in [0.25, 0.3) is 11.8 Å². The van der Waals surface area contributed by atoms with E-state index >= 15 is 0 Å². The van der Waals surface area contributed by atoms with Gasteiger partial charge in [-0.25, -0.2) is 0 Å². The minimum Gasteiger partial charge on any atom is -0.484 e. The van der Waals surface area contributed by atoms with Crippen molar-refractivity contribution in [1.82, 2.24) is 5.32 Å². The van der Waals surface area contributed by atoms with E-state index in [0.717, 1.165) is 5.56 Å². The Bertz CT molecular complexity index is 652. The second-order valence-electron chi connectivity index (χ2n) is 4.40. The zero-order valence-electron chi connectivity index (χ0n) is 11.8. The van der Waals surface area contributed by atoms with Crippen LogP contribution in [0.4, 0.5) is 5.00 Å². The molecule has 2 rings (SSSR count). The summed E-state index contributed by atoms with van der Waals surface area (Å²) in [6.45, 7) is 1.85. The number of anilines is 1. The van der Waals surface area contributed by atoms with Gasteiger partial charge < -0.3 is 15.4 Å². The molecule has 0 aliphatic rings. The molecule has 0 saturated heterocycles. The number of ether oxygens (including phenoxy) is 1. The van der Waals surface area contributed by atoms with Crippen LogP contribution in [0.25, 0.3) is 0 Å². The second kappa shape index (κ2) is 6.90. The van der Waals surface area contributed by atoms with Gasteiger partial charge in [-0.1, -0.05) is 12.1 Å². The summed E-state index contributed by atoms with van der Waals surface area (Å²) >= 11 is 1.30. The maximum Gasteiger partial charge on any atom is 0.262 e. The van der Waals surface area contributed by atoms with Crippen molar-refractivity contribution in [2.75, 3.05) is 19.0 Å². The van der Waals surface area contributed by atoms with Gasteiger partial charge in [-0.3, -0.25) is 9.59 Å². The molecule has 1 aromatic carbocycles. The van der Waals surface area contributed by atoms with Crippen LogP contribution in [0, 0.1) is 6.92 Å². The molecule has 1 aromatic heterocycles. The molecule has 6 heteroatoms. The van der Waals surface area contributed by atoms with Crippen molar-refractivity contribution in [3.05, 3.63) is 46.8 Å². The fourth-order valence-electron chi connectivity index (χ4n) is 1.74. The predicted molar refractivity (Wildman–Crippen MR) is 83.0 cm³/mol. The van der Waals surface area contributed by atoms with Crippen molar-refractivity contribution in [3.8, 4) is 5.75 Å². The van der Waals surface area contributed by atoms with Gasteiger partial charge in [0.2, 0.25) is 0 Å². The van der Waals surface area contributed by atoms with E-state index in [2.05, 4.69) is 10.6 Å². The summed E-state index contributed by atoms with van der Waals surface area (Å²) in [6.07, 6.45) is 0. The van der Waals surface area contributed by atoms with Crippen molar-refractivity contribution in [1.29, 1.82) is 0 Å². The third-order valence-electron chi connectivity index (χ3n) is 2.75. The first kappa shape index (κ1) is 15.1. The van der Waals surface area contributed by atoms with Gasteiger partial charge in [0.15, 0.2) is 6.61 Å². The molecule has 0 saturated carbocycles. The molecule has 0 aliphatic heterocycles. The van der Waals surface area contributed by atoms with Crippen LogP contribution in [-0.2, 0) is 4.79 Å². The first-order chi connectivity index (χ1) is 10.1. The molecule has 0 unspecified atom stereocenters. The molecular weight excluding hydrogens is 288 g/mol. The number of amides is 2. The molecule has 0 bridgehead atoms. The van der Waals surface area contributed by atoms with Crippen LogP contribution in [0.15, 0.2) is 35.7 Å². The van der Waals surface area contributed by atoms with Crippen LogP contribution in [0.3, 0.4) is 0 Å². The molecule has 0 aliphatic carbocycles. The van der Waals surface area contributed by atoms with Crippen molar-refractivity contribution in [3.63, 3.8) is 0 Å². The highest BCUT2D eigenvalue weighted by molar-refractivity contribution is 7.14. The van der Waals surface area contributed by atoms with Gasteiger partial charge in [0.1, 0.15) is 10.8 Å². The normalized spacial score (nSPS) is 10.0. The molecule has 110 valence electrons. The smallest absolute Gasteiger partial charge is 0.262 e. The zero-order valence-corrected chi connectivity index (χ0v) is 12.6. The minimum atomic E-state index is -0.302. The summed E-state index contributed by atoms with van der Waals surface area (Å²) in [7, 11) is 1.55. The number of benzene rings is 1. The molecule has 21 heavy (non-hydrogen) atoms. The Morgan fingerprint density at radius 2 is 2.10 bits per heavy atom. The van der Waals surface area contributed by atoms with Gasteiger partial charge in [-0.15, -0.1) is 11.3 Å². The van der Waals surface area contributed by atoms with E-state index in [4.69, 9.17) is 4.74 Å². The Labute approximate surface area is 126 Å². The Kier molecular flexibility index (Phi) is 4.94. The number of hydrogen-bond acceptors (Lipinski definition) is 4. The summed E-state index contributed by atoms with van der Waals surface area (Å²) in [5.41, 5.74) is 1.51. The van der Waals surface area contributed by atoms with E-state index in [1.807, 2.05) is 25.1 Å². The minimum absolute atomic E-state index is 0.103. The molecule has 0 fully saturated rings. The predicted octanol–water partition coefficient (Wildman–Crippen LogP) is 2.43. The number of aryl methyl sites for hydroxylation is 1. The topological polar surface area (TPSA) is 67.4 Å². The standard InChI is InChI=1S/C15H16N2O3S/c1-10-4-3-5-11(8-10)20-9-13(18)17-15-12(6-7-21-15)14(19)16-2/h3-8H,9H2,1-2H3,(H,16,19)(H,17,18). The Balaban J connectivity index is 1.93. The van der Waals surface area contributed by atoms with E-state index in [-0.39, 0.29) is 18.4 Å². The fourth-order valence-corrected chi connectivity index (χ4v) is 2.54. The Hall–Kier alpha value is -2.34. The lowest BCUT2D eigenvalue weighted by Crippen LogP contribution is -2.23. The number of rotatable bonds is 5. The van der Waals surface area contributed by atoms with Gasteiger partial charge in [0, 0.05) is 7.05 Å².